The first-order chi connectivity index (χ1) is 12.8. The van der Waals surface area contributed by atoms with Gasteiger partial charge in [-0.3, -0.25) is 4.79 Å². The lowest BCUT2D eigenvalue weighted by molar-refractivity contribution is -0.161. The minimum absolute atomic E-state index is 0.0446. The van der Waals surface area contributed by atoms with Gasteiger partial charge in [-0.25, -0.2) is 0 Å². The molecule has 0 heterocycles. The number of ketones is 1. The van der Waals surface area contributed by atoms with Crippen LogP contribution in [0, 0.1) is 40.4 Å². The monoisotopic (exact) mass is 374 g/mol. The summed E-state index contributed by atoms with van der Waals surface area (Å²) in [6.07, 6.45) is 12.9. The second kappa shape index (κ2) is 6.69. The van der Waals surface area contributed by atoms with Crippen LogP contribution in [0.4, 0.5) is 0 Å². The largest absolute Gasteiger partial charge is 0.396 e. The van der Waals surface area contributed by atoms with Gasteiger partial charge < -0.3 is 10.2 Å². The number of Topliss-reactive ketones (excluding diaryl/α,β-unsaturated/α-hetero) is 1. The van der Waals surface area contributed by atoms with Gasteiger partial charge in [0.15, 0.2) is 0 Å². The maximum atomic E-state index is 12.2. The van der Waals surface area contributed by atoms with Crippen molar-refractivity contribution in [2.45, 2.75) is 84.2 Å². The zero-order valence-electron chi connectivity index (χ0n) is 17.4. The van der Waals surface area contributed by atoms with Gasteiger partial charge in [-0.15, -0.1) is 0 Å². The molecule has 0 unspecified atom stereocenters. The Labute approximate surface area is 164 Å². The number of hydrogen-bond donors (Lipinski definition) is 2. The average Bonchev–Trinajstić information content (AvgIpc) is 2.88. The van der Waals surface area contributed by atoms with Crippen LogP contribution in [0.5, 0.6) is 0 Å². The summed E-state index contributed by atoms with van der Waals surface area (Å²) in [5.41, 5.74) is -0.466. The normalized spacial score (nSPS) is 52.5. The van der Waals surface area contributed by atoms with Crippen molar-refractivity contribution in [2.24, 2.45) is 40.4 Å². The maximum absolute atomic E-state index is 12.2. The van der Waals surface area contributed by atoms with E-state index in [1.807, 2.05) is 12.2 Å². The summed E-state index contributed by atoms with van der Waals surface area (Å²) in [7, 11) is 0. The van der Waals surface area contributed by atoms with Crippen LogP contribution in [-0.4, -0.2) is 28.2 Å². The zero-order valence-corrected chi connectivity index (χ0v) is 17.4. The molecule has 3 nitrogen and oxygen atoms in total. The van der Waals surface area contributed by atoms with Gasteiger partial charge in [-0.1, -0.05) is 32.9 Å². The summed E-state index contributed by atoms with van der Waals surface area (Å²) in [5, 5.41) is 20.6. The lowest BCUT2D eigenvalue weighted by Gasteiger charge is -2.62. The molecular weight excluding hydrogens is 336 g/mol. The summed E-state index contributed by atoms with van der Waals surface area (Å²) in [6.45, 7) is 7.29. The Hall–Kier alpha value is -0.670. The molecule has 0 aromatic rings. The van der Waals surface area contributed by atoms with Crippen LogP contribution in [0.15, 0.2) is 12.2 Å². The molecule has 0 aromatic carbocycles. The molecule has 0 radical (unpaired) electrons. The van der Waals surface area contributed by atoms with Crippen LogP contribution in [0.1, 0.15) is 78.6 Å². The fraction of sp³-hybridized carbons (Fsp3) is 0.875. The van der Waals surface area contributed by atoms with Gasteiger partial charge in [0, 0.05) is 24.9 Å². The van der Waals surface area contributed by atoms with Crippen molar-refractivity contribution in [1.82, 2.24) is 0 Å². The molecule has 4 aliphatic carbocycles. The van der Waals surface area contributed by atoms with Gasteiger partial charge in [0.05, 0.1) is 5.60 Å². The van der Waals surface area contributed by atoms with Crippen molar-refractivity contribution in [3.05, 3.63) is 12.2 Å². The molecule has 4 saturated carbocycles. The third kappa shape index (κ3) is 2.71. The summed E-state index contributed by atoms with van der Waals surface area (Å²) in [5.74, 6) is 3.54. The molecule has 4 fully saturated rings. The minimum atomic E-state index is -0.719. The van der Waals surface area contributed by atoms with E-state index in [9.17, 15) is 9.90 Å². The molecule has 0 aliphatic heterocycles. The van der Waals surface area contributed by atoms with E-state index >= 15 is 0 Å². The van der Waals surface area contributed by atoms with Crippen molar-refractivity contribution in [2.75, 3.05) is 6.61 Å². The molecule has 4 rings (SSSR count). The molecule has 0 amide bonds. The smallest absolute Gasteiger partial charge is 0.133 e. The van der Waals surface area contributed by atoms with Crippen LogP contribution in [-0.2, 0) is 4.79 Å². The van der Waals surface area contributed by atoms with Gasteiger partial charge in [-0.2, -0.15) is 0 Å². The second-order valence-corrected chi connectivity index (χ2v) is 10.7. The quantitative estimate of drug-likeness (QED) is 0.715. The number of carbonyl (C=O) groups is 1. The number of carbonyl (C=O) groups excluding carboxylic acids is 1. The SMILES string of the molecule is C[C@H]1CC(=O)C[C@@H]2CC[C@@H]3[C@H](CC[C@@]4(C)[C@H]3CC[C@@]4(O)/C=C/CCO)[C@]21C. The fourth-order valence-electron chi connectivity index (χ4n) is 8.16. The highest BCUT2D eigenvalue weighted by atomic mass is 16.3. The van der Waals surface area contributed by atoms with E-state index in [0.717, 1.165) is 32.1 Å². The van der Waals surface area contributed by atoms with E-state index in [1.165, 1.54) is 19.3 Å². The van der Waals surface area contributed by atoms with Crippen molar-refractivity contribution in [3.8, 4) is 0 Å². The lowest BCUT2D eigenvalue weighted by Crippen LogP contribution is -2.58. The molecule has 3 heteroatoms. The van der Waals surface area contributed by atoms with E-state index in [1.54, 1.807) is 0 Å². The van der Waals surface area contributed by atoms with Gasteiger partial charge >= 0.3 is 0 Å². The Kier molecular flexibility index (Phi) is 4.87. The van der Waals surface area contributed by atoms with Crippen LogP contribution in [0.25, 0.3) is 0 Å². The van der Waals surface area contributed by atoms with Crippen LogP contribution < -0.4 is 0 Å². The Bertz CT molecular complexity index is 627. The Morgan fingerprint density at radius 3 is 2.56 bits per heavy atom. The number of aliphatic hydroxyl groups excluding tert-OH is 1. The van der Waals surface area contributed by atoms with Crippen molar-refractivity contribution >= 4 is 5.78 Å². The highest BCUT2D eigenvalue weighted by Gasteiger charge is 2.64. The predicted molar refractivity (Wildman–Crippen MR) is 107 cm³/mol. The topological polar surface area (TPSA) is 57.5 Å². The third-order valence-corrected chi connectivity index (χ3v) is 9.94. The highest BCUT2D eigenvalue weighted by molar-refractivity contribution is 5.80. The van der Waals surface area contributed by atoms with Crippen LogP contribution in [0.3, 0.4) is 0 Å². The molecule has 0 aromatic heterocycles. The fourth-order valence-corrected chi connectivity index (χ4v) is 8.16. The van der Waals surface area contributed by atoms with E-state index in [2.05, 4.69) is 20.8 Å². The Balaban J connectivity index is 1.62. The van der Waals surface area contributed by atoms with Crippen molar-refractivity contribution < 1.29 is 15.0 Å². The molecule has 0 bridgehead atoms. The summed E-state index contributed by atoms with van der Waals surface area (Å²) in [6, 6.07) is 0. The predicted octanol–water partition coefficient (Wildman–Crippen LogP) is 4.51. The molecule has 0 spiro atoms. The average molecular weight is 375 g/mol. The first-order valence-electron chi connectivity index (χ1n) is 11.3. The van der Waals surface area contributed by atoms with Crippen molar-refractivity contribution in [3.63, 3.8) is 0 Å². The van der Waals surface area contributed by atoms with E-state index in [4.69, 9.17) is 5.11 Å². The molecule has 152 valence electrons. The standard InChI is InChI=1S/C24H38O3/c1-16-14-18(26)15-17-6-7-19-20-9-12-24(27,10-4-5-13-25)22(20,2)11-8-21(19)23(16,17)3/h4,10,16-17,19-21,25,27H,5-9,11-15H2,1-3H3/b10-4+/t16-,17-,19-,20-,21-,22-,23-,24-/m0/s1. The van der Waals surface area contributed by atoms with E-state index in [-0.39, 0.29) is 12.0 Å². The number of aliphatic hydroxyl groups is 2. The van der Waals surface area contributed by atoms with Gasteiger partial charge in [0.1, 0.15) is 5.78 Å². The number of rotatable bonds is 3. The molecule has 2 N–H and O–H groups in total. The van der Waals surface area contributed by atoms with Crippen molar-refractivity contribution in [1.29, 1.82) is 0 Å². The minimum Gasteiger partial charge on any atom is -0.396 e. The molecule has 27 heavy (non-hydrogen) atoms. The summed E-state index contributed by atoms with van der Waals surface area (Å²) in [4.78, 5) is 12.2. The van der Waals surface area contributed by atoms with E-state index in [0.29, 0.717) is 47.2 Å². The zero-order chi connectivity index (χ0) is 19.4. The molecule has 8 atom stereocenters. The molecular formula is C24H38O3. The first-order valence-corrected chi connectivity index (χ1v) is 11.3. The second-order valence-electron chi connectivity index (χ2n) is 10.7. The first kappa shape index (κ1) is 19.6. The maximum Gasteiger partial charge on any atom is 0.133 e. The molecule has 0 saturated heterocycles. The Morgan fingerprint density at radius 2 is 1.81 bits per heavy atom. The summed E-state index contributed by atoms with van der Waals surface area (Å²) < 4.78 is 0. The third-order valence-electron chi connectivity index (χ3n) is 9.94. The van der Waals surface area contributed by atoms with Gasteiger partial charge in [0.2, 0.25) is 0 Å². The number of hydrogen-bond acceptors (Lipinski definition) is 3. The Morgan fingerprint density at radius 1 is 1.07 bits per heavy atom. The van der Waals surface area contributed by atoms with E-state index < -0.39 is 5.60 Å². The molecule has 4 aliphatic rings. The lowest BCUT2D eigenvalue weighted by atomic mass is 9.42. The van der Waals surface area contributed by atoms with Crippen LogP contribution in [0.2, 0.25) is 0 Å². The number of fused-ring (bicyclic) bond motifs is 5. The van der Waals surface area contributed by atoms with Gasteiger partial charge in [-0.05, 0) is 80.0 Å². The van der Waals surface area contributed by atoms with Crippen LogP contribution >= 0.6 is 0 Å². The highest BCUT2D eigenvalue weighted by Crippen LogP contribution is 2.69. The van der Waals surface area contributed by atoms with Gasteiger partial charge in [0.25, 0.3) is 0 Å². The summed E-state index contributed by atoms with van der Waals surface area (Å²) >= 11 is 0.